The molecular weight excluding hydrogens is 462 g/mol. The zero-order valence-corrected chi connectivity index (χ0v) is 19.6. The minimum atomic E-state index is -3.54. The maximum Gasteiger partial charge on any atom is 0.252 e. The molecule has 0 bridgehead atoms. The fraction of sp³-hybridized carbons (Fsp3) is 0.304. The molecule has 0 unspecified atom stereocenters. The molecule has 0 spiro atoms. The Hall–Kier alpha value is -2.79. The van der Waals surface area contributed by atoms with Gasteiger partial charge in [0.05, 0.1) is 32.7 Å². The summed E-state index contributed by atoms with van der Waals surface area (Å²) >= 11 is 1.13. The number of hydrogen-bond acceptors (Lipinski definition) is 6. The van der Waals surface area contributed by atoms with Gasteiger partial charge in [0.2, 0.25) is 11.8 Å². The van der Waals surface area contributed by atoms with Gasteiger partial charge in [-0.05, 0) is 28.5 Å². The summed E-state index contributed by atoms with van der Waals surface area (Å²) in [6.07, 6.45) is 0.183. The fourth-order valence-electron chi connectivity index (χ4n) is 3.62. The lowest BCUT2D eigenvalue weighted by Crippen LogP contribution is -2.40. The van der Waals surface area contributed by atoms with Crippen molar-refractivity contribution in [2.45, 2.75) is 17.2 Å². The summed E-state index contributed by atoms with van der Waals surface area (Å²) < 4.78 is 32.3. The Kier molecular flexibility index (Phi) is 7.39. The normalized spacial score (nSPS) is 14.8. The van der Waals surface area contributed by atoms with E-state index in [1.807, 2.05) is 42.5 Å². The summed E-state index contributed by atoms with van der Waals surface area (Å²) in [6.45, 7) is 1.50. The Morgan fingerprint density at radius 1 is 0.939 bits per heavy atom. The van der Waals surface area contributed by atoms with Crippen LogP contribution in [-0.2, 0) is 37.3 Å². The molecular formula is C23H25N3O5S2. The lowest BCUT2D eigenvalue weighted by molar-refractivity contribution is -0.125. The standard InChI is InChI=1S/C23H25N3O5S2/c27-21(14-18-6-3-5-17-4-1-2-7-20(17)18)25-16-22(28)24-15-19-8-9-23(32-19)33(29,30)26-10-12-31-13-11-26/h1-9H,10-16H2,(H,24,28)(H,25,27). The highest BCUT2D eigenvalue weighted by Crippen LogP contribution is 2.25. The summed E-state index contributed by atoms with van der Waals surface area (Å²) in [6, 6.07) is 16.9. The third-order valence-electron chi connectivity index (χ3n) is 5.34. The molecule has 1 aromatic heterocycles. The van der Waals surface area contributed by atoms with Crippen LogP contribution in [0.4, 0.5) is 0 Å². The van der Waals surface area contributed by atoms with Gasteiger partial charge in [0.25, 0.3) is 10.0 Å². The van der Waals surface area contributed by atoms with Crippen molar-refractivity contribution < 1.29 is 22.7 Å². The van der Waals surface area contributed by atoms with E-state index in [2.05, 4.69) is 10.6 Å². The van der Waals surface area contributed by atoms with Gasteiger partial charge < -0.3 is 15.4 Å². The van der Waals surface area contributed by atoms with Crippen LogP contribution in [0, 0.1) is 0 Å². The number of ether oxygens (including phenoxy) is 1. The average molecular weight is 488 g/mol. The SMILES string of the molecule is O=C(CNC(=O)Cc1cccc2ccccc12)NCc1ccc(S(=O)(=O)N2CCOCC2)s1. The Morgan fingerprint density at radius 3 is 2.52 bits per heavy atom. The van der Waals surface area contributed by atoms with Crippen LogP contribution in [-0.4, -0.2) is 57.4 Å². The molecule has 1 saturated heterocycles. The van der Waals surface area contributed by atoms with E-state index in [0.717, 1.165) is 32.5 Å². The summed E-state index contributed by atoms with van der Waals surface area (Å²) in [5, 5.41) is 7.44. The van der Waals surface area contributed by atoms with Gasteiger partial charge in [0, 0.05) is 18.0 Å². The zero-order chi connectivity index (χ0) is 23.3. The molecule has 33 heavy (non-hydrogen) atoms. The Bertz CT molecular complexity index is 1240. The minimum absolute atomic E-state index is 0.145. The molecule has 2 aromatic carbocycles. The number of carbonyl (C=O) groups is 2. The van der Waals surface area contributed by atoms with E-state index < -0.39 is 10.0 Å². The Balaban J connectivity index is 1.25. The highest BCUT2D eigenvalue weighted by Gasteiger charge is 2.27. The molecule has 0 atom stereocenters. The molecule has 1 fully saturated rings. The second kappa shape index (κ2) is 10.4. The van der Waals surface area contributed by atoms with Crippen molar-refractivity contribution in [3.8, 4) is 0 Å². The number of amides is 2. The van der Waals surface area contributed by atoms with Crippen molar-refractivity contribution >= 4 is 43.9 Å². The number of benzene rings is 2. The topological polar surface area (TPSA) is 105 Å². The smallest absolute Gasteiger partial charge is 0.252 e. The van der Waals surface area contributed by atoms with Crippen LogP contribution in [0.1, 0.15) is 10.4 Å². The molecule has 4 rings (SSSR count). The van der Waals surface area contributed by atoms with Crippen molar-refractivity contribution in [2.75, 3.05) is 32.8 Å². The summed E-state index contributed by atoms with van der Waals surface area (Å²) in [5.41, 5.74) is 0.901. The number of fused-ring (bicyclic) bond motifs is 1. The Morgan fingerprint density at radius 2 is 1.70 bits per heavy atom. The largest absolute Gasteiger partial charge is 0.379 e. The third-order valence-corrected chi connectivity index (χ3v) is 8.79. The van der Waals surface area contributed by atoms with Gasteiger partial charge in [-0.1, -0.05) is 42.5 Å². The summed E-state index contributed by atoms with van der Waals surface area (Å²) in [5.74, 6) is -0.580. The molecule has 2 amide bonds. The zero-order valence-electron chi connectivity index (χ0n) is 18.0. The number of hydrogen-bond donors (Lipinski definition) is 2. The number of morpholine rings is 1. The van der Waals surface area contributed by atoms with E-state index >= 15 is 0 Å². The predicted molar refractivity (Wildman–Crippen MR) is 126 cm³/mol. The van der Waals surface area contributed by atoms with Crippen LogP contribution in [0.25, 0.3) is 10.8 Å². The van der Waals surface area contributed by atoms with Gasteiger partial charge in [-0.15, -0.1) is 11.3 Å². The number of rotatable bonds is 8. The van der Waals surface area contributed by atoms with Crippen molar-refractivity contribution in [1.82, 2.24) is 14.9 Å². The van der Waals surface area contributed by atoms with Gasteiger partial charge >= 0.3 is 0 Å². The lowest BCUT2D eigenvalue weighted by Gasteiger charge is -2.25. The van der Waals surface area contributed by atoms with E-state index in [1.165, 1.54) is 4.31 Å². The highest BCUT2D eigenvalue weighted by molar-refractivity contribution is 7.91. The Labute approximate surface area is 196 Å². The highest BCUT2D eigenvalue weighted by atomic mass is 32.2. The van der Waals surface area contributed by atoms with E-state index in [0.29, 0.717) is 26.3 Å². The van der Waals surface area contributed by atoms with Gasteiger partial charge in [0.15, 0.2) is 0 Å². The first-order valence-corrected chi connectivity index (χ1v) is 12.9. The first kappa shape index (κ1) is 23.4. The molecule has 8 nitrogen and oxygen atoms in total. The van der Waals surface area contributed by atoms with E-state index in [1.54, 1.807) is 12.1 Å². The maximum atomic E-state index is 12.7. The van der Waals surface area contributed by atoms with Crippen LogP contribution in [0.3, 0.4) is 0 Å². The van der Waals surface area contributed by atoms with Gasteiger partial charge in [-0.25, -0.2) is 8.42 Å². The number of nitrogens with one attached hydrogen (secondary N) is 2. The van der Waals surface area contributed by atoms with E-state index in [4.69, 9.17) is 4.74 Å². The molecule has 10 heteroatoms. The summed E-state index contributed by atoms with van der Waals surface area (Å²) in [7, 11) is -3.54. The van der Waals surface area contributed by atoms with Crippen LogP contribution in [0.2, 0.25) is 0 Å². The van der Waals surface area contributed by atoms with Crippen molar-refractivity contribution in [1.29, 1.82) is 0 Å². The first-order chi connectivity index (χ1) is 15.9. The quantitative estimate of drug-likeness (QED) is 0.505. The van der Waals surface area contributed by atoms with Crippen molar-refractivity contribution in [3.05, 3.63) is 65.0 Å². The van der Waals surface area contributed by atoms with Crippen molar-refractivity contribution in [3.63, 3.8) is 0 Å². The summed E-state index contributed by atoms with van der Waals surface area (Å²) in [4.78, 5) is 25.2. The third kappa shape index (κ3) is 5.77. The lowest BCUT2D eigenvalue weighted by atomic mass is 10.0. The molecule has 2 heterocycles. The number of nitrogens with zero attached hydrogens (tertiary/aromatic N) is 1. The monoisotopic (exact) mass is 487 g/mol. The van der Waals surface area contributed by atoms with Gasteiger partial charge in [-0.2, -0.15) is 4.31 Å². The molecule has 0 aliphatic carbocycles. The first-order valence-electron chi connectivity index (χ1n) is 10.6. The molecule has 1 aliphatic rings. The van der Waals surface area contributed by atoms with Crippen LogP contribution in [0.5, 0.6) is 0 Å². The molecule has 0 radical (unpaired) electrons. The molecule has 1 aliphatic heterocycles. The van der Waals surface area contributed by atoms with Crippen LogP contribution >= 0.6 is 11.3 Å². The molecule has 174 valence electrons. The average Bonchev–Trinajstić information content (AvgIpc) is 3.32. The second-order valence-electron chi connectivity index (χ2n) is 7.61. The number of sulfonamides is 1. The number of thiophene rings is 1. The fourth-order valence-corrected chi connectivity index (χ4v) is 6.47. The second-order valence-corrected chi connectivity index (χ2v) is 10.9. The molecule has 2 N–H and O–H groups in total. The van der Waals surface area contributed by atoms with E-state index in [-0.39, 0.29) is 35.5 Å². The van der Waals surface area contributed by atoms with Crippen LogP contribution in [0.15, 0.2) is 58.8 Å². The number of carbonyl (C=O) groups excluding carboxylic acids is 2. The van der Waals surface area contributed by atoms with E-state index in [9.17, 15) is 18.0 Å². The molecule has 0 saturated carbocycles. The van der Waals surface area contributed by atoms with Gasteiger partial charge in [-0.3, -0.25) is 9.59 Å². The predicted octanol–water partition coefficient (Wildman–Crippen LogP) is 1.90. The van der Waals surface area contributed by atoms with Crippen molar-refractivity contribution in [2.24, 2.45) is 0 Å². The van der Waals surface area contributed by atoms with Gasteiger partial charge in [0.1, 0.15) is 4.21 Å². The van der Waals surface area contributed by atoms with Crippen LogP contribution < -0.4 is 10.6 Å². The molecule has 3 aromatic rings. The minimum Gasteiger partial charge on any atom is -0.379 e. The maximum absolute atomic E-state index is 12.7.